The van der Waals surface area contributed by atoms with Crippen molar-refractivity contribution in [2.24, 2.45) is 5.73 Å². The van der Waals surface area contributed by atoms with Gasteiger partial charge in [-0.05, 0) is 55.5 Å². The highest BCUT2D eigenvalue weighted by Gasteiger charge is 2.10. The van der Waals surface area contributed by atoms with Gasteiger partial charge in [0.15, 0.2) is 0 Å². The van der Waals surface area contributed by atoms with Crippen LogP contribution in [0.15, 0.2) is 42.5 Å². The van der Waals surface area contributed by atoms with Crippen molar-refractivity contribution in [3.8, 4) is 5.75 Å². The average Bonchev–Trinajstić information content (AvgIpc) is 2.46. The average molecular weight is 269 g/mol. The summed E-state index contributed by atoms with van der Waals surface area (Å²) in [5.74, 6) is 0.886. The highest BCUT2D eigenvalue weighted by atomic mass is 16.5. The topological polar surface area (TPSA) is 35.2 Å². The molecular weight excluding hydrogens is 246 g/mol. The molecule has 0 fully saturated rings. The number of benzene rings is 2. The van der Waals surface area contributed by atoms with Crippen molar-refractivity contribution in [1.29, 1.82) is 0 Å². The number of nitrogens with two attached hydrogens (primary N) is 1. The van der Waals surface area contributed by atoms with Crippen molar-refractivity contribution in [3.05, 3.63) is 64.7 Å². The molecule has 0 amide bonds. The molecule has 0 aliphatic carbocycles. The van der Waals surface area contributed by atoms with Crippen LogP contribution in [0.4, 0.5) is 0 Å². The summed E-state index contributed by atoms with van der Waals surface area (Å²) in [4.78, 5) is 0. The van der Waals surface area contributed by atoms with E-state index in [9.17, 15) is 0 Å². The van der Waals surface area contributed by atoms with Gasteiger partial charge in [-0.3, -0.25) is 0 Å². The van der Waals surface area contributed by atoms with E-state index in [0.29, 0.717) is 0 Å². The van der Waals surface area contributed by atoms with Crippen LogP contribution in [0.1, 0.15) is 34.7 Å². The predicted octanol–water partition coefficient (Wildman–Crippen LogP) is 3.94. The summed E-state index contributed by atoms with van der Waals surface area (Å²) in [6.45, 7) is 4.19. The van der Waals surface area contributed by atoms with E-state index >= 15 is 0 Å². The molecule has 20 heavy (non-hydrogen) atoms. The molecule has 0 radical (unpaired) electrons. The van der Waals surface area contributed by atoms with Gasteiger partial charge in [-0.2, -0.15) is 0 Å². The smallest absolute Gasteiger partial charge is 0.119 e. The molecule has 0 heterocycles. The quantitative estimate of drug-likeness (QED) is 0.892. The van der Waals surface area contributed by atoms with Gasteiger partial charge in [0, 0.05) is 6.04 Å². The molecule has 0 aromatic heterocycles. The molecule has 2 aromatic carbocycles. The molecule has 2 aromatic rings. The maximum absolute atomic E-state index is 6.32. The van der Waals surface area contributed by atoms with Gasteiger partial charge in [0.25, 0.3) is 0 Å². The molecule has 2 N–H and O–H groups in total. The molecule has 1 atom stereocenters. The molecule has 2 rings (SSSR count). The van der Waals surface area contributed by atoms with Gasteiger partial charge < -0.3 is 10.5 Å². The summed E-state index contributed by atoms with van der Waals surface area (Å²) in [6.07, 6.45) is 1.96. The molecule has 2 heteroatoms. The third-order valence-corrected chi connectivity index (χ3v) is 3.74. The second-order valence-corrected chi connectivity index (χ2v) is 5.35. The lowest BCUT2D eigenvalue weighted by atomic mass is 9.96. The largest absolute Gasteiger partial charge is 0.497 e. The van der Waals surface area contributed by atoms with Crippen LogP contribution < -0.4 is 10.5 Å². The summed E-state index contributed by atoms with van der Waals surface area (Å²) in [6, 6.07) is 14.8. The SMILES string of the molecule is COc1ccc(C(N)CCc2ccc(C)cc2)c(C)c1. The van der Waals surface area contributed by atoms with Crippen LogP contribution in [0.2, 0.25) is 0 Å². The van der Waals surface area contributed by atoms with E-state index in [1.165, 1.54) is 22.3 Å². The van der Waals surface area contributed by atoms with Crippen LogP contribution in [0.25, 0.3) is 0 Å². The summed E-state index contributed by atoms with van der Waals surface area (Å²) >= 11 is 0. The first-order chi connectivity index (χ1) is 9.60. The van der Waals surface area contributed by atoms with Crippen molar-refractivity contribution >= 4 is 0 Å². The Morgan fingerprint density at radius 1 is 1.05 bits per heavy atom. The van der Waals surface area contributed by atoms with Crippen molar-refractivity contribution in [2.45, 2.75) is 32.7 Å². The maximum Gasteiger partial charge on any atom is 0.119 e. The molecule has 0 aliphatic rings. The first-order valence-electron chi connectivity index (χ1n) is 7.06. The van der Waals surface area contributed by atoms with Crippen molar-refractivity contribution < 1.29 is 4.74 Å². The van der Waals surface area contributed by atoms with E-state index in [4.69, 9.17) is 10.5 Å². The lowest BCUT2D eigenvalue weighted by Gasteiger charge is -2.15. The summed E-state index contributed by atoms with van der Waals surface area (Å²) in [7, 11) is 1.69. The summed E-state index contributed by atoms with van der Waals surface area (Å²) in [5.41, 5.74) is 11.4. The van der Waals surface area contributed by atoms with Crippen LogP contribution in [0.5, 0.6) is 5.75 Å². The Labute approximate surface area is 121 Å². The molecule has 0 aliphatic heterocycles. The summed E-state index contributed by atoms with van der Waals surface area (Å²) in [5, 5.41) is 0. The first-order valence-corrected chi connectivity index (χ1v) is 7.06. The molecule has 2 nitrogen and oxygen atoms in total. The van der Waals surface area contributed by atoms with Crippen molar-refractivity contribution in [2.75, 3.05) is 7.11 Å². The Balaban J connectivity index is 2.01. The van der Waals surface area contributed by atoms with Gasteiger partial charge in [0.05, 0.1) is 7.11 Å². The second-order valence-electron chi connectivity index (χ2n) is 5.35. The number of hydrogen-bond acceptors (Lipinski definition) is 2. The fourth-order valence-corrected chi connectivity index (χ4v) is 2.42. The summed E-state index contributed by atoms with van der Waals surface area (Å²) < 4.78 is 5.23. The monoisotopic (exact) mass is 269 g/mol. The van der Waals surface area contributed by atoms with Crippen molar-refractivity contribution in [3.63, 3.8) is 0 Å². The fourth-order valence-electron chi connectivity index (χ4n) is 2.42. The molecule has 0 saturated heterocycles. The number of methoxy groups -OCH3 is 1. The number of aryl methyl sites for hydroxylation is 3. The van der Waals surface area contributed by atoms with Gasteiger partial charge in [-0.1, -0.05) is 35.9 Å². The molecule has 0 spiro atoms. The minimum atomic E-state index is 0.0715. The Hall–Kier alpha value is -1.80. The Bertz CT molecular complexity index is 560. The molecule has 0 saturated carbocycles. The van der Waals surface area contributed by atoms with Crippen LogP contribution in [-0.4, -0.2) is 7.11 Å². The molecule has 0 bridgehead atoms. The Morgan fingerprint density at radius 2 is 1.75 bits per heavy atom. The van der Waals surface area contributed by atoms with Gasteiger partial charge >= 0.3 is 0 Å². The van der Waals surface area contributed by atoms with Crippen LogP contribution in [-0.2, 0) is 6.42 Å². The molecule has 1 unspecified atom stereocenters. The van der Waals surface area contributed by atoms with E-state index in [0.717, 1.165) is 18.6 Å². The van der Waals surface area contributed by atoms with E-state index in [1.54, 1.807) is 7.11 Å². The van der Waals surface area contributed by atoms with E-state index in [2.05, 4.69) is 44.2 Å². The van der Waals surface area contributed by atoms with Crippen LogP contribution in [0.3, 0.4) is 0 Å². The fraction of sp³-hybridized carbons (Fsp3) is 0.333. The predicted molar refractivity (Wildman–Crippen MR) is 84.2 cm³/mol. The van der Waals surface area contributed by atoms with E-state index in [1.807, 2.05) is 12.1 Å². The first kappa shape index (κ1) is 14.6. The minimum absolute atomic E-state index is 0.0715. The third-order valence-electron chi connectivity index (χ3n) is 3.74. The zero-order valence-corrected chi connectivity index (χ0v) is 12.5. The maximum atomic E-state index is 6.32. The Kier molecular flexibility index (Phi) is 4.80. The van der Waals surface area contributed by atoms with Crippen LogP contribution in [0, 0.1) is 13.8 Å². The lowest BCUT2D eigenvalue weighted by molar-refractivity contribution is 0.414. The lowest BCUT2D eigenvalue weighted by Crippen LogP contribution is -2.12. The minimum Gasteiger partial charge on any atom is -0.497 e. The molecule has 106 valence electrons. The van der Waals surface area contributed by atoms with Gasteiger partial charge in [0.2, 0.25) is 0 Å². The number of rotatable bonds is 5. The highest BCUT2D eigenvalue weighted by Crippen LogP contribution is 2.24. The Morgan fingerprint density at radius 3 is 2.35 bits per heavy atom. The normalized spacial score (nSPS) is 12.2. The molecular formula is C18H23NO. The standard InChI is InChI=1S/C18H23NO/c1-13-4-6-15(7-5-13)8-11-18(19)17-10-9-16(20-3)12-14(17)2/h4-7,9-10,12,18H,8,11,19H2,1-3H3. The van der Waals surface area contributed by atoms with Crippen LogP contribution >= 0.6 is 0 Å². The number of hydrogen-bond donors (Lipinski definition) is 1. The van der Waals surface area contributed by atoms with Gasteiger partial charge in [-0.25, -0.2) is 0 Å². The highest BCUT2D eigenvalue weighted by molar-refractivity contribution is 5.36. The van der Waals surface area contributed by atoms with E-state index in [-0.39, 0.29) is 6.04 Å². The number of ether oxygens (including phenoxy) is 1. The van der Waals surface area contributed by atoms with Gasteiger partial charge in [0.1, 0.15) is 5.75 Å². The van der Waals surface area contributed by atoms with Gasteiger partial charge in [-0.15, -0.1) is 0 Å². The second kappa shape index (κ2) is 6.58. The van der Waals surface area contributed by atoms with E-state index < -0.39 is 0 Å². The zero-order chi connectivity index (χ0) is 14.5. The third kappa shape index (κ3) is 3.61. The van der Waals surface area contributed by atoms with Crippen molar-refractivity contribution in [1.82, 2.24) is 0 Å². The zero-order valence-electron chi connectivity index (χ0n) is 12.5.